The van der Waals surface area contributed by atoms with E-state index in [4.69, 9.17) is 4.74 Å². The molecule has 4 aromatic carbocycles. The van der Waals surface area contributed by atoms with Crippen LogP contribution < -0.4 is 4.74 Å². The van der Waals surface area contributed by atoms with Gasteiger partial charge in [0.05, 0.1) is 17.1 Å². The molecule has 0 amide bonds. The second kappa shape index (κ2) is 12.5. The number of carboxylic acids is 1. The van der Waals surface area contributed by atoms with Crippen LogP contribution in [0.1, 0.15) is 39.9 Å². The third-order valence-electron chi connectivity index (χ3n) is 6.05. The summed E-state index contributed by atoms with van der Waals surface area (Å²) in [5.41, 5.74) is 3.56. The van der Waals surface area contributed by atoms with E-state index in [1.807, 2.05) is 18.2 Å². The molecule has 0 saturated heterocycles. The van der Waals surface area contributed by atoms with Crippen LogP contribution in [0.25, 0.3) is 23.3 Å². The van der Waals surface area contributed by atoms with Gasteiger partial charge in [-0.25, -0.2) is 9.18 Å². The number of carbonyl (C=O) groups is 1. The van der Waals surface area contributed by atoms with Gasteiger partial charge in [-0.1, -0.05) is 66.7 Å². The lowest BCUT2D eigenvalue weighted by atomic mass is 9.98. The van der Waals surface area contributed by atoms with Gasteiger partial charge < -0.3 is 9.84 Å². The summed E-state index contributed by atoms with van der Waals surface area (Å²) >= 11 is 0. The second-order valence-electron chi connectivity index (χ2n) is 8.72. The molecule has 6 nitrogen and oxygen atoms in total. The van der Waals surface area contributed by atoms with Crippen molar-refractivity contribution in [3.63, 3.8) is 0 Å². The van der Waals surface area contributed by atoms with Gasteiger partial charge in [-0.3, -0.25) is 10.1 Å². The number of carboxylic acid groups (broad SMARTS) is 1. The molecule has 0 bridgehead atoms. The van der Waals surface area contributed by atoms with Gasteiger partial charge in [0, 0.05) is 6.07 Å². The van der Waals surface area contributed by atoms with Crippen LogP contribution in [0, 0.1) is 15.9 Å². The van der Waals surface area contributed by atoms with Crippen molar-refractivity contribution >= 4 is 23.8 Å². The van der Waals surface area contributed by atoms with Gasteiger partial charge in [0.2, 0.25) is 0 Å². The molecule has 0 unspecified atom stereocenters. The lowest BCUT2D eigenvalue weighted by molar-refractivity contribution is -0.385. The number of aryl methyl sites for hydroxylation is 1. The Morgan fingerprint density at radius 3 is 2.34 bits per heavy atom. The normalized spacial score (nSPS) is 11.0. The SMILES string of the molecule is O=C(O)c1ccc(-c2ccc(F)cc2)cc1C=Cc1ccc(OCCCCc2ccccc2)c([N+](=O)[O-])c1. The average Bonchev–Trinajstić information content (AvgIpc) is 2.92. The van der Waals surface area contributed by atoms with Crippen molar-refractivity contribution in [3.05, 3.63) is 129 Å². The monoisotopic (exact) mass is 511 g/mol. The molecule has 0 radical (unpaired) electrons. The zero-order valence-electron chi connectivity index (χ0n) is 20.5. The van der Waals surface area contributed by atoms with E-state index in [0.717, 1.165) is 30.4 Å². The van der Waals surface area contributed by atoms with E-state index >= 15 is 0 Å². The van der Waals surface area contributed by atoms with E-state index in [0.29, 0.717) is 17.7 Å². The summed E-state index contributed by atoms with van der Waals surface area (Å²) in [6.07, 6.45) is 5.79. The highest BCUT2D eigenvalue weighted by Crippen LogP contribution is 2.30. The Morgan fingerprint density at radius 1 is 0.895 bits per heavy atom. The molecule has 0 atom stereocenters. The van der Waals surface area contributed by atoms with Gasteiger partial charge in [0.25, 0.3) is 0 Å². The standard InChI is InChI=1S/C31H26FNO5/c32-27-15-12-24(13-16-27)25-14-17-28(31(34)35)26(21-25)11-9-23-10-18-30(29(20-23)33(36)37)38-19-5-4-8-22-6-2-1-3-7-22/h1-3,6-7,9-18,20-21H,4-5,8,19H2,(H,34,35). The summed E-state index contributed by atoms with van der Waals surface area (Å²) in [5, 5.41) is 21.3. The van der Waals surface area contributed by atoms with Gasteiger partial charge in [0.1, 0.15) is 5.82 Å². The molecule has 1 N–H and O–H groups in total. The Kier molecular flexibility index (Phi) is 8.61. The van der Waals surface area contributed by atoms with Crippen molar-refractivity contribution in [1.29, 1.82) is 0 Å². The molecule has 7 heteroatoms. The number of aromatic carboxylic acids is 1. The minimum absolute atomic E-state index is 0.0806. The van der Waals surface area contributed by atoms with Crippen molar-refractivity contribution < 1.29 is 24.0 Å². The van der Waals surface area contributed by atoms with Crippen molar-refractivity contribution in [1.82, 2.24) is 0 Å². The third-order valence-corrected chi connectivity index (χ3v) is 6.05. The van der Waals surface area contributed by atoms with Crippen LogP contribution in [0.15, 0.2) is 91.0 Å². The minimum atomic E-state index is -1.10. The third kappa shape index (κ3) is 6.91. The Morgan fingerprint density at radius 2 is 1.63 bits per heavy atom. The van der Waals surface area contributed by atoms with Crippen LogP contribution >= 0.6 is 0 Å². The van der Waals surface area contributed by atoms with Crippen LogP contribution in [0.2, 0.25) is 0 Å². The first-order chi connectivity index (χ1) is 18.4. The fourth-order valence-corrected chi connectivity index (χ4v) is 4.06. The van der Waals surface area contributed by atoms with E-state index in [2.05, 4.69) is 12.1 Å². The smallest absolute Gasteiger partial charge is 0.336 e. The summed E-state index contributed by atoms with van der Waals surface area (Å²) in [4.78, 5) is 22.9. The number of hydrogen-bond donors (Lipinski definition) is 1. The first-order valence-corrected chi connectivity index (χ1v) is 12.2. The molecule has 0 aliphatic rings. The molecule has 0 spiro atoms. The van der Waals surface area contributed by atoms with E-state index in [1.165, 1.54) is 29.8 Å². The second-order valence-corrected chi connectivity index (χ2v) is 8.72. The fourth-order valence-electron chi connectivity index (χ4n) is 4.06. The first kappa shape index (κ1) is 26.3. The number of ether oxygens (including phenoxy) is 1. The molecule has 4 aromatic rings. The van der Waals surface area contributed by atoms with Crippen molar-refractivity contribution in [2.24, 2.45) is 0 Å². The quantitative estimate of drug-likeness (QED) is 0.0966. The molecular weight excluding hydrogens is 485 g/mol. The van der Waals surface area contributed by atoms with Gasteiger partial charge in [0.15, 0.2) is 5.75 Å². The molecule has 0 aliphatic heterocycles. The van der Waals surface area contributed by atoms with E-state index in [-0.39, 0.29) is 22.8 Å². The number of hydrogen-bond acceptors (Lipinski definition) is 4. The number of benzene rings is 4. The summed E-state index contributed by atoms with van der Waals surface area (Å²) in [5.74, 6) is -1.27. The summed E-state index contributed by atoms with van der Waals surface area (Å²) < 4.78 is 19.0. The lowest BCUT2D eigenvalue weighted by Crippen LogP contribution is -2.01. The lowest BCUT2D eigenvalue weighted by Gasteiger charge is -2.08. The molecule has 38 heavy (non-hydrogen) atoms. The highest BCUT2D eigenvalue weighted by molar-refractivity contribution is 5.94. The maximum atomic E-state index is 13.3. The van der Waals surface area contributed by atoms with Crippen LogP contribution in [0.5, 0.6) is 5.75 Å². The Hall–Kier alpha value is -4.78. The summed E-state index contributed by atoms with van der Waals surface area (Å²) in [6, 6.07) is 25.5. The van der Waals surface area contributed by atoms with Gasteiger partial charge in [-0.15, -0.1) is 0 Å². The average molecular weight is 512 g/mol. The molecule has 0 fully saturated rings. The summed E-state index contributed by atoms with van der Waals surface area (Å²) in [7, 11) is 0. The first-order valence-electron chi connectivity index (χ1n) is 12.2. The van der Waals surface area contributed by atoms with Gasteiger partial charge in [-0.2, -0.15) is 0 Å². The van der Waals surface area contributed by atoms with Crippen molar-refractivity contribution in [2.75, 3.05) is 6.61 Å². The van der Waals surface area contributed by atoms with Crippen LogP contribution in [-0.2, 0) is 6.42 Å². The molecule has 0 aliphatic carbocycles. The number of nitro groups is 1. The number of nitrogens with zero attached hydrogens (tertiary/aromatic N) is 1. The van der Waals surface area contributed by atoms with Crippen LogP contribution in [0.3, 0.4) is 0 Å². The van der Waals surface area contributed by atoms with Crippen LogP contribution in [0.4, 0.5) is 10.1 Å². The van der Waals surface area contributed by atoms with E-state index in [9.17, 15) is 24.4 Å². The highest BCUT2D eigenvalue weighted by atomic mass is 19.1. The predicted octanol–water partition coefficient (Wildman–Crippen LogP) is 7.67. The van der Waals surface area contributed by atoms with Gasteiger partial charge >= 0.3 is 11.7 Å². The maximum Gasteiger partial charge on any atom is 0.336 e. The number of unbranched alkanes of at least 4 members (excludes halogenated alkanes) is 1. The van der Waals surface area contributed by atoms with E-state index in [1.54, 1.807) is 48.6 Å². The number of halogens is 1. The van der Waals surface area contributed by atoms with Crippen molar-refractivity contribution in [3.8, 4) is 16.9 Å². The highest BCUT2D eigenvalue weighted by Gasteiger charge is 2.16. The molecule has 0 heterocycles. The molecule has 0 saturated carbocycles. The topological polar surface area (TPSA) is 89.7 Å². The largest absolute Gasteiger partial charge is 0.487 e. The summed E-state index contributed by atoms with van der Waals surface area (Å²) in [6.45, 7) is 0.362. The van der Waals surface area contributed by atoms with Crippen LogP contribution in [-0.4, -0.2) is 22.6 Å². The number of rotatable bonds is 11. The molecular formula is C31H26FNO5. The molecule has 0 aromatic heterocycles. The maximum absolute atomic E-state index is 13.3. The predicted molar refractivity (Wildman–Crippen MR) is 146 cm³/mol. The zero-order valence-corrected chi connectivity index (χ0v) is 20.5. The Labute approximate surface area is 219 Å². The Bertz CT molecular complexity index is 1450. The van der Waals surface area contributed by atoms with Crippen molar-refractivity contribution in [2.45, 2.75) is 19.3 Å². The molecule has 192 valence electrons. The van der Waals surface area contributed by atoms with E-state index < -0.39 is 10.9 Å². The zero-order chi connectivity index (χ0) is 26.9. The molecule has 4 rings (SSSR count). The van der Waals surface area contributed by atoms with Gasteiger partial charge in [-0.05, 0) is 77.4 Å². The Balaban J connectivity index is 1.48. The number of nitro benzene ring substituents is 1. The fraction of sp³-hybridized carbons (Fsp3) is 0.129. The minimum Gasteiger partial charge on any atom is -0.487 e.